The number of hydrogen-bond acceptors (Lipinski definition) is 2. The molecule has 0 rings (SSSR count). The van der Waals surface area contributed by atoms with E-state index in [0.717, 1.165) is 6.42 Å². The molecule has 1 unspecified atom stereocenters. The van der Waals surface area contributed by atoms with Crippen LogP contribution in [0.1, 0.15) is 27.2 Å². The molecule has 11 heavy (non-hydrogen) atoms. The van der Waals surface area contributed by atoms with Gasteiger partial charge in [0, 0.05) is 13.0 Å². The zero-order chi connectivity index (χ0) is 8.85. The third-order valence-electron chi connectivity index (χ3n) is 1.67. The molecular weight excluding hydrogens is 140 g/mol. The van der Waals surface area contributed by atoms with Gasteiger partial charge in [-0.2, -0.15) is 0 Å². The predicted molar refractivity (Wildman–Crippen MR) is 46.1 cm³/mol. The Bertz CT molecular complexity index is 123. The fourth-order valence-electron chi connectivity index (χ4n) is 1.01. The molecule has 0 bridgehead atoms. The van der Waals surface area contributed by atoms with E-state index in [1.165, 1.54) is 6.92 Å². The Balaban J connectivity index is 3.79. The minimum Gasteiger partial charge on any atom is -0.353 e. The summed E-state index contributed by atoms with van der Waals surface area (Å²) in [6.07, 6.45) is 0.858. The van der Waals surface area contributed by atoms with Gasteiger partial charge in [0.05, 0.1) is 0 Å². The average molecular weight is 158 g/mol. The quantitative estimate of drug-likeness (QED) is 0.626. The topological polar surface area (TPSA) is 55.1 Å². The summed E-state index contributed by atoms with van der Waals surface area (Å²) in [5.74, 6) is 0.486. The van der Waals surface area contributed by atoms with Crippen molar-refractivity contribution in [1.29, 1.82) is 0 Å². The van der Waals surface area contributed by atoms with Crippen LogP contribution < -0.4 is 11.1 Å². The highest BCUT2D eigenvalue weighted by atomic mass is 16.1. The number of carbonyl (C=O) groups excluding carboxylic acids is 1. The van der Waals surface area contributed by atoms with Gasteiger partial charge in [0.15, 0.2) is 0 Å². The van der Waals surface area contributed by atoms with Gasteiger partial charge in [0.25, 0.3) is 0 Å². The first-order valence-corrected chi connectivity index (χ1v) is 4.05. The first-order valence-electron chi connectivity index (χ1n) is 4.05. The normalized spacial score (nSPS) is 13.2. The molecule has 0 radical (unpaired) electrons. The Morgan fingerprint density at radius 3 is 2.36 bits per heavy atom. The van der Waals surface area contributed by atoms with Crippen LogP contribution in [0.3, 0.4) is 0 Å². The van der Waals surface area contributed by atoms with Crippen molar-refractivity contribution >= 4 is 5.91 Å². The van der Waals surface area contributed by atoms with Gasteiger partial charge in [-0.15, -0.1) is 0 Å². The van der Waals surface area contributed by atoms with E-state index < -0.39 is 0 Å². The van der Waals surface area contributed by atoms with E-state index in [-0.39, 0.29) is 11.9 Å². The first-order chi connectivity index (χ1) is 5.07. The summed E-state index contributed by atoms with van der Waals surface area (Å²) >= 11 is 0. The third kappa shape index (κ3) is 4.79. The molecule has 0 aromatic carbocycles. The average Bonchev–Trinajstić information content (AvgIpc) is 1.86. The highest BCUT2D eigenvalue weighted by Crippen LogP contribution is 2.04. The van der Waals surface area contributed by atoms with Crippen LogP contribution in [0.15, 0.2) is 0 Å². The van der Waals surface area contributed by atoms with Gasteiger partial charge in [-0.25, -0.2) is 0 Å². The van der Waals surface area contributed by atoms with Crippen molar-refractivity contribution in [2.45, 2.75) is 33.2 Å². The SMILES string of the molecule is CC(=O)NC(CCN)C(C)C. The van der Waals surface area contributed by atoms with Crippen LogP contribution in [-0.2, 0) is 4.79 Å². The molecule has 0 aromatic rings. The Hall–Kier alpha value is -0.570. The predicted octanol–water partition coefficient (Wildman–Crippen LogP) is 0.496. The smallest absolute Gasteiger partial charge is 0.217 e. The number of nitrogens with one attached hydrogen (secondary N) is 1. The summed E-state index contributed by atoms with van der Waals surface area (Å²) in [4.78, 5) is 10.7. The lowest BCUT2D eigenvalue weighted by atomic mass is 10.0. The second kappa shape index (κ2) is 5.13. The van der Waals surface area contributed by atoms with Crippen molar-refractivity contribution in [3.8, 4) is 0 Å². The van der Waals surface area contributed by atoms with Crippen LogP contribution in [0.25, 0.3) is 0 Å². The van der Waals surface area contributed by atoms with Gasteiger partial charge >= 0.3 is 0 Å². The molecule has 0 fully saturated rings. The van der Waals surface area contributed by atoms with E-state index in [0.29, 0.717) is 12.5 Å². The summed E-state index contributed by atoms with van der Waals surface area (Å²) in [5.41, 5.74) is 5.39. The zero-order valence-electron chi connectivity index (χ0n) is 7.55. The minimum atomic E-state index is 0.0251. The molecule has 1 atom stereocenters. The van der Waals surface area contributed by atoms with E-state index in [1.807, 2.05) is 0 Å². The van der Waals surface area contributed by atoms with Crippen molar-refractivity contribution in [2.24, 2.45) is 11.7 Å². The lowest BCUT2D eigenvalue weighted by molar-refractivity contribution is -0.120. The molecule has 0 aliphatic heterocycles. The molecule has 0 saturated heterocycles. The summed E-state index contributed by atoms with van der Waals surface area (Å²) in [5, 5.41) is 2.86. The molecule has 0 saturated carbocycles. The molecule has 0 aromatic heterocycles. The van der Waals surface area contributed by atoms with E-state index in [9.17, 15) is 4.79 Å². The summed E-state index contributed by atoms with van der Waals surface area (Å²) in [6.45, 7) is 6.32. The second-order valence-electron chi connectivity index (χ2n) is 3.13. The van der Waals surface area contributed by atoms with Crippen LogP contribution >= 0.6 is 0 Å². The first kappa shape index (κ1) is 10.4. The van der Waals surface area contributed by atoms with Gasteiger partial charge in [0.1, 0.15) is 0 Å². The molecule has 3 nitrogen and oxygen atoms in total. The third-order valence-corrected chi connectivity index (χ3v) is 1.67. The maximum Gasteiger partial charge on any atom is 0.217 e. The molecule has 66 valence electrons. The Labute approximate surface area is 68.3 Å². The number of rotatable bonds is 4. The Kier molecular flexibility index (Phi) is 4.86. The standard InChI is InChI=1S/C8H18N2O/c1-6(2)8(4-5-9)10-7(3)11/h6,8H,4-5,9H2,1-3H3,(H,10,11). The summed E-state index contributed by atoms with van der Waals surface area (Å²) in [6, 6.07) is 0.234. The lowest BCUT2D eigenvalue weighted by Crippen LogP contribution is -2.38. The largest absolute Gasteiger partial charge is 0.353 e. The van der Waals surface area contributed by atoms with Crippen molar-refractivity contribution in [1.82, 2.24) is 5.32 Å². The van der Waals surface area contributed by atoms with Crippen LogP contribution in [0.2, 0.25) is 0 Å². The van der Waals surface area contributed by atoms with Crippen LogP contribution in [0.4, 0.5) is 0 Å². The zero-order valence-corrected chi connectivity index (χ0v) is 7.55. The van der Waals surface area contributed by atoms with Crippen LogP contribution in [0, 0.1) is 5.92 Å². The van der Waals surface area contributed by atoms with E-state index in [4.69, 9.17) is 5.73 Å². The maximum atomic E-state index is 10.7. The molecule has 3 heteroatoms. The van der Waals surface area contributed by atoms with Crippen molar-refractivity contribution in [2.75, 3.05) is 6.54 Å². The number of amides is 1. The fraction of sp³-hybridized carbons (Fsp3) is 0.875. The van der Waals surface area contributed by atoms with Gasteiger partial charge in [-0.3, -0.25) is 4.79 Å². The van der Waals surface area contributed by atoms with Crippen LogP contribution in [-0.4, -0.2) is 18.5 Å². The monoisotopic (exact) mass is 158 g/mol. The Morgan fingerprint density at radius 2 is 2.09 bits per heavy atom. The number of nitrogens with two attached hydrogens (primary N) is 1. The highest BCUT2D eigenvalue weighted by molar-refractivity contribution is 5.73. The van der Waals surface area contributed by atoms with E-state index in [2.05, 4.69) is 19.2 Å². The van der Waals surface area contributed by atoms with Gasteiger partial charge in [-0.05, 0) is 18.9 Å². The molecule has 1 amide bonds. The molecule has 0 aliphatic rings. The van der Waals surface area contributed by atoms with E-state index >= 15 is 0 Å². The second-order valence-corrected chi connectivity index (χ2v) is 3.13. The van der Waals surface area contributed by atoms with E-state index in [1.54, 1.807) is 0 Å². The van der Waals surface area contributed by atoms with Gasteiger partial charge in [-0.1, -0.05) is 13.8 Å². The maximum absolute atomic E-state index is 10.7. The van der Waals surface area contributed by atoms with Gasteiger partial charge < -0.3 is 11.1 Å². The van der Waals surface area contributed by atoms with Crippen LogP contribution in [0.5, 0.6) is 0 Å². The molecule has 0 heterocycles. The molecule has 0 spiro atoms. The lowest BCUT2D eigenvalue weighted by Gasteiger charge is -2.20. The molecular formula is C8H18N2O. The highest BCUT2D eigenvalue weighted by Gasteiger charge is 2.12. The van der Waals surface area contributed by atoms with Gasteiger partial charge in [0.2, 0.25) is 5.91 Å². The van der Waals surface area contributed by atoms with Crippen molar-refractivity contribution < 1.29 is 4.79 Å². The van der Waals surface area contributed by atoms with Crippen molar-refractivity contribution in [3.63, 3.8) is 0 Å². The number of carbonyl (C=O) groups is 1. The fourth-order valence-corrected chi connectivity index (χ4v) is 1.01. The van der Waals surface area contributed by atoms with Crippen molar-refractivity contribution in [3.05, 3.63) is 0 Å². The summed E-state index contributed by atoms with van der Waals surface area (Å²) in [7, 11) is 0. The molecule has 0 aliphatic carbocycles. The Morgan fingerprint density at radius 1 is 1.55 bits per heavy atom. The minimum absolute atomic E-state index is 0.0251. The number of hydrogen-bond donors (Lipinski definition) is 2. The molecule has 3 N–H and O–H groups in total. The summed E-state index contributed by atoms with van der Waals surface area (Å²) < 4.78 is 0.